The van der Waals surface area contributed by atoms with Crippen LogP contribution in [0.25, 0.3) is 10.6 Å². The quantitative estimate of drug-likeness (QED) is 0.262. The van der Waals surface area contributed by atoms with E-state index in [0.29, 0.717) is 32.9 Å². The molecule has 1 amide bonds. The lowest BCUT2D eigenvalue weighted by molar-refractivity contribution is 0.0238. The molecule has 2 aliphatic rings. The molecule has 4 aromatic rings. The number of hydrogen-bond donors (Lipinski definition) is 2. The molecule has 242 valence electrons. The first-order valence-electron chi connectivity index (χ1n) is 15.6. The molecule has 46 heavy (non-hydrogen) atoms. The SMILES string of the molecule is CC(C)(O)c1nnc(-c2ccc(Oc3cc(C(=O)NC4CCN(C5CCOCC5)CC4)ccc3Cn3ccccc3=O)cc2F)s1. The number of aliphatic hydroxyl groups is 1. The molecule has 2 aromatic heterocycles. The molecule has 0 spiro atoms. The van der Waals surface area contributed by atoms with Gasteiger partial charge in [-0.15, -0.1) is 10.2 Å². The molecule has 0 bridgehead atoms. The van der Waals surface area contributed by atoms with Crippen LogP contribution in [0.3, 0.4) is 0 Å². The summed E-state index contributed by atoms with van der Waals surface area (Å²) in [5, 5.41) is 22.2. The second-order valence-corrected chi connectivity index (χ2v) is 13.3. The lowest BCUT2D eigenvalue weighted by atomic mass is 9.99. The number of halogens is 1. The Morgan fingerprint density at radius 2 is 1.87 bits per heavy atom. The van der Waals surface area contributed by atoms with Gasteiger partial charge in [-0.25, -0.2) is 4.39 Å². The zero-order valence-corrected chi connectivity index (χ0v) is 26.8. The minimum Gasteiger partial charge on any atom is -0.457 e. The first-order chi connectivity index (χ1) is 22.1. The molecule has 4 heterocycles. The van der Waals surface area contributed by atoms with E-state index in [0.717, 1.165) is 63.3 Å². The molecular weight excluding hydrogens is 609 g/mol. The highest BCUT2D eigenvalue weighted by molar-refractivity contribution is 7.14. The van der Waals surface area contributed by atoms with Gasteiger partial charge in [-0.05, 0) is 69.9 Å². The fourth-order valence-electron chi connectivity index (χ4n) is 5.86. The van der Waals surface area contributed by atoms with Crippen LogP contribution in [-0.2, 0) is 16.9 Å². The number of hydrogen-bond acceptors (Lipinski definition) is 9. The number of pyridine rings is 1. The van der Waals surface area contributed by atoms with Crippen molar-refractivity contribution in [1.82, 2.24) is 25.0 Å². The van der Waals surface area contributed by atoms with Gasteiger partial charge in [-0.3, -0.25) is 9.59 Å². The summed E-state index contributed by atoms with van der Waals surface area (Å²) in [6.45, 7) is 6.88. The lowest BCUT2D eigenvalue weighted by Gasteiger charge is -2.39. The number of carbonyl (C=O) groups excluding carboxylic acids is 1. The van der Waals surface area contributed by atoms with Gasteiger partial charge in [-0.1, -0.05) is 23.5 Å². The number of benzene rings is 2. The van der Waals surface area contributed by atoms with Crippen molar-refractivity contribution in [2.45, 2.75) is 63.8 Å². The van der Waals surface area contributed by atoms with Gasteiger partial charge >= 0.3 is 0 Å². The van der Waals surface area contributed by atoms with E-state index in [2.05, 4.69) is 20.4 Å². The van der Waals surface area contributed by atoms with Crippen LogP contribution in [0.5, 0.6) is 11.5 Å². The first kappa shape index (κ1) is 32.0. The number of carbonyl (C=O) groups is 1. The van der Waals surface area contributed by atoms with Crippen molar-refractivity contribution in [3.05, 3.63) is 93.1 Å². The summed E-state index contributed by atoms with van der Waals surface area (Å²) in [5.41, 5.74) is -0.0757. The normalized spacial score (nSPS) is 16.8. The summed E-state index contributed by atoms with van der Waals surface area (Å²) in [7, 11) is 0. The molecule has 12 heteroatoms. The van der Waals surface area contributed by atoms with Gasteiger partial charge in [0, 0.05) is 73.4 Å². The molecule has 0 radical (unpaired) electrons. The zero-order valence-electron chi connectivity index (χ0n) is 25.9. The average molecular weight is 648 g/mol. The Morgan fingerprint density at radius 1 is 1.09 bits per heavy atom. The monoisotopic (exact) mass is 647 g/mol. The molecule has 0 unspecified atom stereocenters. The van der Waals surface area contributed by atoms with E-state index in [-0.39, 0.29) is 35.4 Å². The van der Waals surface area contributed by atoms with Crippen molar-refractivity contribution in [3.63, 3.8) is 0 Å². The van der Waals surface area contributed by atoms with Crippen LogP contribution in [0.2, 0.25) is 0 Å². The van der Waals surface area contributed by atoms with Crippen molar-refractivity contribution in [2.24, 2.45) is 0 Å². The van der Waals surface area contributed by atoms with Gasteiger partial charge in [0.1, 0.15) is 27.9 Å². The van der Waals surface area contributed by atoms with E-state index in [1.54, 1.807) is 62.5 Å². The summed E-state index contributed by atoms with van der Waals surface area (Å²) in [5.74, 6) is -0.228. The summed E-state index contributed by atoms with van der Waals surface area (Å²) in [4.78, 5) is 28.4. The predicted octanol–water partition coefficient (Wildman–Crippen LogP) is 4.95. The van der Waals surface area contributed by atoms with E-state index in [4.69, 9.17) is 9.47 Å². The molecule has 2 fully saturated rings. The molecule has 0 saturated carbocycles. The van der Waals surface area contributed by atoms with Crippen molar-refractivity contribution < 1.29 is 23.8 Å². The molecule has 2 saturated heterocycles. The smallest absolute Gasteiger partial charge is 0.251 e. The number of piperidine rings is 1. The van der Waals surface area contributed by atoms with E-state index >= 15 is 4.39 Å². The third kappa shape index (κ3) is 7.52. The molecular formula is C34H38FN5O5S. The summed E-state index contributed by atoms with van der Waals surface area (Å²) < 4.78 is 28.6. The maximum absolute atomic E-state index is 15.3. The maximum Gasteiger partial charge on any atom is 0.251 e. The highest BCUT2D eigenvalue weighted by Crippen LogP contribution is 2.34. The molecule has 2 N–H and O–H groups in total. The standard InChI is InChI=1S/C34H38FN5O5S/c1-34(2,43)33-38-37-32(46-33)27-9-8-26(20-28(27)35)45-29-19-22(6-7-23(29)21-40-14-4-3-5-30(40)41)31(42)36-24-10-15-39(16-11-24)25-12-17-44-18-13-25/h3-9,14,19-20,24-25,43H,10-13,15-18,21H2,1-2H3,(H,36,42). The van der Waals surface area contributed by atoms with Crippen LogP contribution >= 0.6 is 11.3 Å². The number of nitrogens with one attached hydrogen (secondary N) is 1. The van der Waals surface area contributed by atoms with Crippen molar-refractivity contribution in [2.75, 3.05) is 26.3 Å². The highest BCUT2D eigenvalue weighted by atomic mass is 32.1. The van der Waals surface area contributed by atoms with E-state index < -0.39 is 11.4 Å². The molecule has 2 aliphatic heterocycles. The number of rotatable bonds is 9. The Bertz CT molecular complexity index is 1740. The number of aromatic nitrogens is 3. The minimum atomic E-state index is -1.19. The molecule has 0 atom stereocenters. The third-order valence-corrected chi connectivity index (χ3v) is 9.76. The van der Waals surface area contributed by atoms with Crippen molar-refractivity contribution >= 4 is 17.2 Å². The Balaban J connectivity index is 1.20. The minimum absolute atomic E-state index is 0.0643. The number of ether oxygens (including phenoxy) is 2. The van der Waals surface area contributed by atoms with Crippen molar-refractivity contribution in [1.29, 1.82) is 0 Å². The van der Waals surface area contributed by atoms with Gasteiger partial charge in [0.15, 0.2) is 5.01 Å². The van der Waals surface area contributed by atoms with Gasteiger partial charge < -0.3 is 29.4 Å². The van der Waals surface area contributed by atoms with Gasteiger partial charge in [-0.2, -0.15) is 0 Å². The lowest BCUT2D eigenvalue weighted by Crippen LogP contribution is -2.49. The van der Waals surface area contributed by atoms with Crippen LogP contribution in [0.15, 0.2) is 65.6 Å². The highest BCUT2D eigenvalue weighted by Gasteiger charge is 2.28. The number of nitrogens with zero attached hydrogens (tertiary/aromatic N) is 4. The van der Waals surface area contributed by atoms with Gasteiger partial charge in [0.2, 0.25) is 0 Å². The fourth-order valence-corrected chi connectivity index (χ4v) is 6.73. The Hall–Kier alpha value is -3.97. The molecule has 2 aromatic carbocycles. The summed E-state index contributed by atoms with van der Waals surface area (Å²) >= 11 is 1.11. The van der Waals surface area contributed by atoms with Gasteiger partial charge in [0.05, 0.1) is 6.54 Å². The third-order valence-electron chi connectivity index (χ3n) is 8.49. The zero-order chi connectivity index (χ0) is 32.3. The number of amides is 1. The Labute approximate surface area is 270 Å². The van der Waals surface area contributed by atoms with Crippen LogP contribution < -0.4 is 15.6 Å². The Kier molecular flexibility index (Phi) is 9.60. The average Bonchev–Trinajstić information content (AvgIpc) is 3.55. The van der Waals surface area contributed by atoms with Crippen molar-refractivity contribution in [3.8, 4) is 22.1 Å². The van der Waals surface area contributed by atoms with E-state index in [1.807, 2.05) is 0 Å². The van der Waals surface area contributed by atoms with E-state index in [1.165, 1.54) is 16.7 Å². The van der Waals surface area contributed by atoms with Gasteiger partial charge in [0.25, 0.3) is 11.5 Å². The second kappa shape index (κ2) is 13.8. The van der Waals surface area contributed by atoms with Crippen LogP contribution in [-0.4, -0.2) is 69.1 Å². The largest absolute Gasteiger partial charge is 0.457 e. The molecule has 10 nitrogen and oxygen atoms in total. The number of likely N-dealkylation sites (tertiary alicyclic amines) is 1. The fraction of sp³-hybridized carbons (Fsp3) is 0.412. The second-order valence-electron chi connectivity index (χ2n) is 12.3. The maximum atomic E-state index is 15.3. The molecule has 0 aliphatic carbocycles. The van der Waals surface area contributed by atoms with Crippen LogP contribution in [0.1, 0.15) is 60.5 Å². The Morgan fingerprint density at radius 3 is 2.57 bits per heavy atom. The molecule has 6 rings (SSSR count). The summed E-state index contributed by atoms with van der Waals surface area (Å²) in [6.07, 6.45) is 5.54. The first-order valence-corrected chi connectivity index (χ1v) is 16.4. The van der Waals surface area contributed by atoms with Crippen LogP contribution in [0, 0.1) is 5.82 Å². The summed E-state index contributed by atoms with van der Waals surface area (Å²) in [6, 6.07) is 15.1. The predicted molar refractivity (Wildman–Crippen MR) is 173 cm³/mol. The van der Waals surface area contributed by atoms with Crippen LogP contribution in [0.4, 0.5) is 4.39 Å². The topological polar surface area (TPSA) is 119 Å². The van der Waals surface area contributed by atoms with E-state index in [9.17, 15) is 14.7 Å².